The zero-order valence-electron chi connectivity index (χ0n) is 15.1. The molecule has 0 amide bonds. The largest absolute Gasteiger partial charge is 0.394 e. The Labute approximate surface area is 152 Å². The first-order valence-corrected chi connectivity index (χ1v) is 9.11. The highest BCUT2D eigenvalue weighted by Gasteiger charge is 2.27. The molecule has 4 rings (SSSR count). The molecule has 136 valence electrons. The number of aliphatic hydroxyl groups is 1. The Morgan fingerprint density at radius 3 is 2.77 bits per heavy atom. The third-order valence-corrected chi connectivity index (χ3v) is 4.85. The summed E-state index contributed by atoms with van der Waals surface area (Å²) in [4.78, 5) is 16.2. The van der Waals surface area contributed by atoms with Gasteiger partial charge in [-0.2, -0.15) is 9.97 Å². The molecule has 26 heavy (non-hydrogen) atoms. The fourth-order valence-corrected chi connectivity index (χ4v) is 3.45. The van der Waals surface area contributed by atoms with Gasteiger partial charge in [-0.05, 0) is 38.8 Å². The Bertz CT molecular complexity index is 892. The molecule has 0 spiro atoms. The number of para-hydroxylation sites is 1. The van der Waals surface area contributed by atoms with Crippen molar-refractivity contribution in [3.8, 4) is 0 Å². The lowest BCUT2D eigenvalue weighted by molar-refractivity contribution is 0.265. The summed E-state index contributed by atoms with van der Waals surface area (Å²) >= 11 is 0. The number of nitrogens with zero attached hydrogens (tertiary/aromatic N) is 5. The molecule has 1 aliphatic heterocycles. The Balaban J connectivity index is 1.83. The lowest BCUT2D eigenvalue weighted by Crippen LogP contribution is -2.33. The van der Waals surface area contributed by atoms with E-state index in [2.05, 4.69) is 33.6 Å². The van der Waals surface area contributed by atoms with Crippen LogP contribution < -0.4 is 10.2 Å². The molecule has 0 unspecified atom stereocenters. The van der Waals surface area contributed by atoms with E-state index in [0.29, 0.717) is 11.8 Å². The van der Waals surface area contributed by atoms with Gasteiger partial charge in [-0.3, -0.25) is 0 Å². The van der Waals surface area contributed by atoms with Gasteiger partial charge in [0, 0.05) is 18.3 Å². The van der Waals surface area contributed by atoms with Crippen LogP contribution in [0.1, 0.15) is 32.7 Å². The predicted octanol–water partition coefficient (Wildman–Crippen LogP) is 3.11. The van der Waals surface area contributed by atoms with E-state index in [9.17, 15) is 5.11 Å². The van der Waals surface area contributed by atoms with E-state index in [-0.39, 0.29) is 18.7 Å². The second kappa shape index (κ2) is 6.92. The predicted molar refractivity (Wildman–Crippen MR) is 103 cm³/mol. The molecule has 3 heterocycles. The molecule has 1 aromatic carbocycles. The minimum atomic E-state index is 0.0763. The molecule has 7 heteroatoms. The van der Waals surface area contributed by atoms with Gasteiger partial charge in [0.05, 0.1) is 19.0 Å². The van der Waals surface area contributed by atoms with Crippen LogP contribution in [0.3, 0.4) is 0 Å². The molecular formula is C19H24N6O. The normalized spacial score (nSPS) is 17.4. The number of hydrogen-bond donors (Lipinski definition) is 2. The SMILES string of the molecule is CC(C)n1cnc2c(Nc3ccccc3)nc(N3CCC[C@@H]3CO)nc21. The van der Waals surface area contributed by atoms with Crippen LogP contribution in [0, 0.1) is 0 Å². The van der Waals surface area contributed by atoms with Crippen molar-refractivity contribution in [1.82, 2.24) is 19.5 Å². The minimum Gasteiger partial charge on any atom is -0.394 e. The number of anilines is 3. The number of nitrogens with one attached hydrogen (secondary N) is 1. The van der Waals surface area contributed by atoms with Gasteiger partial charge in [0.25, 0.3) is 0 Å². The van der Waals surface area contributed by atoms with Crippen LogP contribution in [0.25, 0.3) is 11.2 Å². The molecule has 1 aliphatic rings. The van der Waals surface area contributed by atoms with E-state index in [1.807, 2.05) is 36.7 Å². The molecular weight excluding hydrogens is 328 g/mol. The summed E-state index contributed by atoms with van der Waals surface area (Å²) < 4.78 is 2.06. The van der Waals surface area contributed by atoms with Crippen LogP contribution in [0.4, 0.5) is 17.5 Å². The van der Waals surface area contributed by atoms with Crippen molar-refractivity contribution in [1.29, 1.82) is 0 Å². The van der Waals surface area contributed by atoms with E-state index in [1.54, 1.807) is 0 Å². The molecule has 1 fully saturated rings. The number of aliphatic hydroxyl groups excluding tert-OH is 1. The van der Waals surface area contributed by atoms with Crippen molar-refractivity contribution in [2.24, 2.45) is 0 Å². The van der Waals surface area contributed by atoms with Crippen molar-refractivity contribution >= 4 is 28.6 Å². The van der Waals surface area contributed by atoms with Gasteiger partial charge < -0.3 is 19.9 Å². The average molecular weight is 352 g/mol. The second-order valence-electron chi connectivity index (χ2n) is 6.95. The summed E-state index contributed by atoms with van der Waals surface area (Å²) in [7, 11) is 0. The summed E-state index contributed by atoms with van der Waals surface area (Å²) in [5.74, 6) is 1.34. The van der Waals surface area contributed by atoms with Crippen LogP contribution in [-0.4, -0.2) is 43.8 Å². The Kier molecular flexibility index (Phi) is 4.46. The standard InChI is InChI=1S/C19H24N6O/c1-13(2)25-12-20-16-17(21-14-7-4-3-5-8-14)22-19(23-18(16)25)24-10-6-9-15(24)11-26/h3-5,7-8,12-13,15,26H,6,9-11H2,1-2H3,(H,21,22,23)/t15-/m1/s1. The van der Waals surface area contributed by atoms with Gasteiger partial charge in [-0.1, -0.05) is 18.2 Å². The summed E-state index contributed by atoms with van der Waals surface area (Å²) in [6.45, 7) is 5.20. The van der Waals surface area contributed by atoms with E-state index in [1.165, 1.54) is 0 Å². The minimum absolute atomic E-state index is 0.0763. The second-order valence-corrected chi connectivity index (χ2v) is 6.95. The molecule has 2 N–H and O–H groups in total. The highest BCUT2D eigenvalue weighted by atomic mass is 16.3. The van der Waals surface area contributed by atoms with Crippen LogP contribution in [0.2, 0.25) is 0 Å². The first kappa shape index (κ1) is 16.8. The fraction of sp³-hybridized carbons (Fsp3) is 0.421. The average Bonchev–Trinajstić information content (AvgIpc) is 3.29. The summed E-state index contributed by atoms with van der Waals surface area (Å²) in [5.41, 5.74) is 2.52. The molecule has 1 saturated heterocycles. The van der Waals surface area contributed by atoms with Gasteiger partial charge in [0.1, 0.15) is 0 Å². The quantitative estimate of drug-likeness (QED) is 0.734. The van der Waals surface area contributed by atoms with Gasteiger partial charge in [-0.15, -0.1) is 0 Å². The maximum Gasteiger partial charge on any atom is 0.229 e. The van der Waals surface area contributed by atoms with Gasteiger partial charge in [-0.25, -0.2) is 4.98 Å². The molecule has 0 bridgehead atoms. The number of hydrogen-bond acceptors (Lipinski definition) is 6. The third kappa shape index (κ3) is 2.99. The van der Waals surface area contributed by atoms with Gasteiger partial charge in [0.2, 0.25) is 5.95 Å². The molecule has 1 atom stereocenters. The van der Waals surface area contributed by atoms with E-state index < -0.39 is 0 Å². The molecule has 0 radical (unpaired) electrons. The van der Waals surface area contributed by atoms with E-state index in [0.717, 1.165) is 36.2 Å². The first-order valence-electron chi connectivity index (χ1n) is 9.11. The van der Waals surface area contributed by atoms with E-state index in [4.69, 9.17) is 9.97 Å². The summed E-state index contributed by atoms with van der Waals surface area (Å²) in [5, 5.41) is 13.1. The highest BCUT2D eigenvalue weighted by molar-refractivity contribution is 5.86. The number of benzene rings is 1. The Morgan fingerprint density at radius 1 is 1.23 bits per heavy atom. The van der Waals surface area contributed by atoms with Crippen LogP contribution >= 0.6 is 0 Å². The van der Waals surface area contributed by atoms with Crippen LogP contribution in [0.15, 0.2) is 36.7 Å². The topological polar surface area (TPSA) is 79.1 Å². The lowest BCUT2D eigenvalue weighted by atomic mass is 10.2. The van der Waals surface area contributed by atoms with Crippen molar-refractivity contribution in [3.63, 3.8) is 0 Å². The van der Waals surface area contributed by atoms with Crippen molar-refractivity contribution in [3.05, 3.63) is 36.7 Å². The molecule has 0 saturated carbocycles. The van der Waals surface area contributed by atoms with Crippen molar-refractivity contribution in [2.75, 3.05) is 23.4 Å². The maximum absolute atomic E-state index is 9.69. The molecule has 7 nitrogen and oxygen atoms in total. The van der Waals surface area contributed by atoms with Crippen molar-refractivity contribution in [2.45, 2.75) is 38.8 Å². The zero-order valence-corrected chi connectivity index (χ0v) is 15.1. The molecule has 2 aromatic heterocycles. The van der Waals surface area contributed by atoms with Crippen molar-refractivity contribution < 1.29 is 5.11 Å². The Hall–Kier alpha value is -2.67. The zero-order chi connectivity index (χ0) is 18.1. The summed E-state index contributed by atoms with van der Waals surface area (Å²) in [6.07, 6.45) is 3.82. The van der Waals surface area contributed by atoms with Gasteiger partial charge >= 0.3 is 0 Å². The number of rotatable bonds is 5. The van der Waals surface area contributed by atoms with Gasteiger partial charge in [0.15, 0.2) is 17.0 Å². The molecule has 0 aliphatic carbocycles. The number of imidazole rings is 1. The third-order valence-electron chi connectivity index (χ3n) is 4.85. The smallest absolute Gasteiger partial charge is 0.229 e. The number of aromatic nitrogens is 4. The molecule has 3 aromatic rings. The maximum atomic E-state index is 9.69. The Morgan fingerprint density at radius 2 is 2.04 bits per heavy atom. The highest BCUT2D eigenvalue weighted by Crippen LogP contribution is 2.29. The first-order chi connectivity index (χ1) is 12.7. The van der Waals surface area contributed by atoms with Crippen LogP contribution in [-0.2, 0) is 0 Å². The monoisotopic (exact) mass is 352 g/mol. The lowest BCUT2D eigenvalue weighted by Gasteiger charge is -2.23. The summed E-state index contributed by atoms with van der Waals surface area (Å²) in [6, 6.07) is 10.3. The van der Waals surface area contributed by atoms with Crippen LogP contribution in [0.5, 0.6) is 0 Å². The number of fused-ring (bicyclic) bond motifs is 1. The van der Waals surface area contributed by atoms with E-state index >= 15 is 0 Å². The fourth-order valence-electron chi connectivity index (χ4n) is 3.45.